The second-order valence-electron chi connectivity index (χ2n) is 2.48. The Labute approximate surface area is 72.4 Å². The van der Waals surface area contributed by atoms with E-state index in [0.29, 0.717) is 0 Å². The molecular weight excluding hydrogens is 148 g/mol. The molecule has 0 fully saturated rings. The van der Waals surface area contributed by atoms with Crippen LogP contribution in [-0.2, 0) is 0 Å². The van der Waals surface area contributed by atoms with Crippen molar-refractivity contribution < 1.29 is 0 Å². The van der Waals surface area contributed by atoms with Gasteiger partial charge in [0.25, 0.3) is 0 Å². The monoisotopic (exact) mass is 160 g/mol. The number of rotatable bonds is 2. The van der Waals surface area contributed by atoms with Crippen LogP contribution in [0.5, 0.6) is 0 Å². The summed E-state index contributed by atoms with van der Waals surface area (Å²) >= 11 is 0. The van der Waals surface area contributed by atoms with Crippen molar-refractivity contribution in [2.45, 2.75) is 0 Å². The maximum Gasteiger partial charge on any atom is 0.0403 e. The third-order valence-electron chi connectivity index (χ3n) is 1.61. The zero-order valence-electron chi connectivity index (χ0n) is 7.12. The number of anilines is 1. The number of nitrogen functional groups attached to an aromatic ring is 1. The maximum absolute atomic E-state index is 5.70. The normalized spacial score (nSPS) is 10.4. The Kier molecular flexibility index (Phi) is 2.64. The molecule has 0 atom stereocenters. The predicted octanol–water partition coefficient (Wildman–Crippen LogP) is 1.96. The summed E-state index contributed by atoms with van der Waals surface area (Å²) in [5.41, 5.74) is 8.44. The lowest BCUT2D eigenvalue weighted by Crippen LogP contribution is -1.93. The average molecular weight is 160 g/mol. The van der Waals surface area contributed by atoms with Gasteiger partial charge < -0.3 is 5.73 Å². The van der Waals surface area contributed by atoms with Crippen LogP contribution in [-0.4, -0.2) is 13.3 Å². The molecule has 2 N–H and O–H groups in total. The van der Waals surface area contributed by atoms with Gasteiger partial charge in [-0.15, -0.1) is 0 Å². The summed E-state index contributed by atoms with van der Waals surface area (Å²) in [7, 11) is 1.72. The second-order valence-corrected chi connectivity index (χ2v) is 2.48. The van der Waals surface area contributed by atoms with Crippen LogP contribution in [0.1, 0.15) is 11.1 Å². The molecule has 2 nitrogen and oxygen atoms in total. The summed E-state index contributed by atoms with van der Waals surface area (Å²) < 4.78 is 0. The Morgan fingerprint density at radius 2 is 2.25 bits per heavy atom. The van der Waals surface area contributed by atoms with Crippen molar-refractivity contribution in [2.75, 3.05) is 12.8 Å². The SMILES string of the molecule is C=Cc1ccc(N)c(C=NC)c1. The van der Waals surface area contributed by atoms with Crippen molar-refractivity contribution >= 4 is 18.0 Å². The molecule has 62 valence electrons. The Hall–Kier alpha value is -1.57. The zero-order valence-corrected chi connectivity index (χ0v) is 7.12. The fourth-order valence-electron chi connectivity index (χ4n) is 0.971. The molecule has 0 spiro atoms. The first-order chi connectivity index (χ1) is 5.77. The van der Waals surface area contributed by atoms with Crippen molar-refractivity contribution in [2.24, 2.45) is 4.99 Å². The number of aliphatic imine (C=N–C) groups is 1. The van der Waals surface area contributed by atoms with Gasteiger partial charge in [0, 0.05) is 24.5 Å². The summed E-state index contributed by atoms with van der Waals surface area (Å²) in [5.74, 6) is 0. The molecule has 0 saturated heterocycles. The number of benzene rings is 1. The highest BCUT2D eigenvalue weighted by Gasteiger charge is 1.95. The van der Waals surface area contributed by atoms with Crippen LogP contribution in [0.25, 0.3) is 6.08 Å². The summed E-state index contributed by atoms with van der Waals surface area (Å²) in [6.07, 6.45) is 3.52. The van der Waals surface area contributed by atoms with E-state index in [1.807, 2.05) is 18.2 Å². The van der Waals surface area contributed by atoms with Crippen molar-refractivity contribution in [3.05, 3.63) is 35.9 Å². The Morgan fingerprint density at radius 3 is 2.83 bits per heavy atom. The fourth-order valence-corrected chi connectivity index (χ4v) is 0.971. The lowest BCUT2D eigenvalue weighted by Gasteiger charge is -2.00. The van der Waals surface area contributed by atoms with Gasteiger partial charge in [-0.05, 0) is 17.7 Å². The van der Waals surface area contributed by atoms with Gasteiger partial charge in [-0.25, -0.2) is 0 Å². The van der Waals surface area contributed by atoms with Crippen LogP contribution < -0.4 is 5.73 Å². The first-order valence-corrected chi connectivity index (χ1v) is 3.72. The lowest BCUT2D eigenvalue weighted by molar-refractivity contribution is 1.46. The molecule has 2 heteroatoms. The number of hydrogen-bond acceptors (Lipinski definition) is 2. The topological polar surface area (TPSA) is 38.4 Å². The number of hydrogen-bond donors (Lipinski definition) is 1. The van der Waals surface area contributed by atoms with E-state index in [1.165, 1.54) is 0 Å². The van der Waals surface area contributed by atoms with Gasteiger partial charge in [-0.1, -0.05) is 18.7 Å². The maximum atomic E-state index is 5.70. The summed E-state index contributed by atoms with van der Waals surface area (Å²) in [4.78, 5) is 3.90. The molecule has 0 aliphatic heterocycles. The summed E-state index contributed by atoms with van der Waals surface area (Å²) in [5, 5.41) is 0. The average Bonchev–Trinajstić information content (AvgIpc) is 2.09. The van der Waals surface area contributed by atoms with E-state index in [-0.39, 0.29) is 0 Å². The van der Waals surface area contributed by atoms with Crippen LogP contribution in [0.3, 0.4) is 0 Å². The molecule has 0 heterocycles. The molecule has 0 aliphatic carbocycles. The highest BCUT2D eigenvalue weighted by atomic mass is 14.6. The first-order valence-electron chi connectivity index (χ1n) is 3.72. The third-order valence-corrected chi connectivity index (χ3v) is 1.61. The van der Waals surface area contributed by atoms with Crippen LogP contribution in [0.2, 0.25) is 0 Å². The molecule has 0 bridgehead atoms. The zero-order chi connectivity index (χ0) is 8.97. The van der Waals surface area contributed by atoms with E-state index < -0.39 is 0 Å². The van der Waals surface area contributed by atoms with Gasteiger partial charge in [-0.2, -0.15) is 0 Å². The summed E-state index contributed by atoms with van der Waals surface area (Å²) in [6.45, 7) is 3.68. The van der Waals surface area contributed by atoms with E-state index in [4.69, 9.17) is 5.73 Å². The quantitative estimate of drug-likeness (QED) is 0.521. The van der Waals surface area contributed by atoms with E-state index in [9.17, 15) is 0 Å². The van der Waals surface area contributed by atoms with E-state index in [1.54, 1.807) is 19.3 Å². The highest BCUT2D eigenvalue weighted by Crippen LogP contribution is 2.12. The molecule has 12 heavy (non-hydrogen) atoms. The Bertz CT molecular complexity index is 314. The predicted molar refractivity (Wildman–Crippen MR) is 54.5 cm³/mol. The molecule has 0 aromatic heterocycles. The fraction of sp³-hybridized carbons (Fsp3) is 0.100. The van der Waals surface area contributed by atoms with E-state index in [0.717, 1.165) is 16.8 Å². The largest absolute Gasteiger partial charge is 0.398 e. The van der Waals surface area contributed by atoms with Crippen LogP contribution in [0, 0.1) is 0 Å². The standard InChI is InChI=1S/C10H12N2/c1-3-8-4-5-10(11)9(6-8)7-12-2/h3-7H,1,11H2,2H3. The molecule has 0 radical (unpaired) electrons. The molecule has 0 aliphatic rings. The third kappa shape index (κ3) is 1.72. The minimum absolute atomic E-state index is 0.742. The van der Waals surface area contributed by atoms with Gasteiger partial charge in [0.1, 0.15) is 0 Å². The van der Waals surface area contributed by atoms with Gasteiger partial charge in [0.2, 0.25) is 0 Å². The van der Waals surface area contributed by atoms with Crippen LogP contribution >= 0.6 is 0 Å². The Balaban J connectivity index is 3.16. The Morgan fingerprint density at radius 1 is 1.50 bits per heavy atom. The minimum atomic E-state index is 0.742. The smallest absolute Gasteiger partial charge is 0.0403 e. The molecule has 0 unspecified atom stereocenters. The van der Waals surface area contributed by atoms with Gasteiger partial charge in [0.05, 0.1) is 0 Å². The van der Waals surface area contributed by atoms with Crippen LogP contribution in [0.15, 0.2) is 29.8 Å². The first kappa shape index (κ1) is 8.53. The molecule has 0 saturated carbocycles. The summed E-state index contributed by atoms with van der Waals surface area (Å²) in [6, 6.07) is 5.73. The van der Waals surface area contributed by atoms with Crippen molar-refractivity contribution in [1.82, 2.24) is 0 Å². The minimum Gasteiger partial charge on any atom is -0.398 e. The van der Waals surface area contributed by atoms with Gasteiger partial charge in [-0.3, -0.25) is 4.99 Å². The number of nitrogens with zero attached hydrogens (tertiary/aromatic N) is 1. The van der Waals surface area contributed by atoms with E-state index >= 15 is 0 Å². The molecule has 1 aromatic carbocycles. The second kappa shape index (κ2) is 3.72. The molecule has 1 rings (SSSR count). The van der Waals surface area contributed by atoms with E-state index in [2.05, 4.69) is 11.6 Å². The van der Waals surface area contributed by atoms with Crippen molar-refractivity contribution in [3.63, 3.8) is 0 Å². The van der Waals surface area contributed by atoms with Gasteiger partial charge in [0.15, 0.2) is 0 Å². The van der Waals surface area contributed by atoms with Crippen molar-refractivity contribution in [1.29, 1.82) is 0 Å². The lowest BCUT2D eigenvalue weighted by atomic mass is 10.1. The number of nitrogens with two attached hydrogens (primary N) is 1. The van der Waals surface area contributed by atoms with Gasteiger partial charge >= 0.3 is 0 Å². The van der Waals surface area contributed by atoms with Crippen molar-refractivity contribution in [3.8, 4) is 0 Å². The molecular formula is C10H12N2. The highest BCUT2D eigenvalue weighted by molar-refractivity contribution is 5.87. The molecule has 0 amide bonds. The van der Waals surface area contributed by atoms with Crippen LogP contribution in [0.4, 0.5) is 5.69 Å². The molecule has 1 aromatic rings.